The van der Waals surface area contributed by atoms with Crippen molar-refractivity contribution in [3.63, 3.8) is 0 Å². The number of aryl methyl sites for hydroxylation is 1. The molecule has 7 nitrogen and oxygen atoms in total. The third-order valence-corrected chi connectivity index (χ3v) is 14.0. The molecule has 2 aromatic rings. The molecule has 0 atom stereocenters. The number of aromatic nitrogens is 2. The van der Waals surface area contributed by atoms with Crippen molar-refractivity contribution < 1.29 is 27.2 Å². The van der Waals surface area contributed by atoms with Crippen LogP contribution in [0.15, 0.2) is 12.1 Å². The van der Waals surface area contributed by atoms with Gasteiger partial charge in [-0.05, 0) is 80.3 Å². The molecule has 0 bridgehead atoms. The van der Waals surface area contributed by atoms with Gasteiger partial charge in [-0.2, -0.15) is 13.2 Å². The van der Waals surface area contributed by atoms with Crippen LogP contribution in [-0.4, -0.2) is 71.3 Å². The minimum absolute atomic E-state index is 0.0713. The maximum absolute atomic E-state index is 14.0. The van der Waals surface area contributed by atoms with Gasteiger partial charge in [-0.25, -0.2) is 4.98 Å². The number of rotatable bonds is 5. The Morgan fingerprint density at radius 3 is 2.23 bits per heavy atom. The van der Waals surface area contributed by atoms with Crippen LogP contribution in [0.1, 0.15) is 87.0 Å². The number of alkyl halides is 3. The van der Waals surface area contributed by atoms with Gasteiger partial charge in [0.25, 0.3) is 5.91 Å². The molecule has 1 aromatic carbocycles. The number of piperazine rings is 1. The van der Waals surface area contributed by atoms with Gasteiger partial charge >= 0.3 is 6.18 Å². The molecule has 0 radical (unpaired) electrons. The van der Waals surface area contributed by atoms with Crippen LogP contribution in [0.4, 0.5) is 13.2 Å². The molecule has 1 aliphatic heterocycles. The predicted octanol–water partition coefficient (Wildman–Crippen LogP) is 6.09. The minimum atomic E-state index is -4.56. The van der Waals surface area contributed by atoms with E-state index in [9.17, 15) is 22.8 Å². The van der Waals surface area contributed by atoms with Gasteiger partial charge in [0.15, 0.2) is 14.1 Å². The number of carbonyl (C=O) groups excluding carboxylic acids is 2. The fraction of sp³-hybridized carbons (Fsp3) is 0.690. The number of amides is 2. The summed E-state index contributed by atoms with van der Waals surface area (Å²) < 4.78 is 49.7. The van der Waals surface area contributed by atoms with Crippen LogP contribution in [-0.2, 0) is 22.4 Å². The van der Waals surface area contributed by atoms with Crippen LogP contribution < -0.4 is 0 Å². The van der Waals surface area contributed by atoms with E-state index in [1.165, 1.54) is 22.6 Å². The van der Waals surface area contributed by atoms with E-state index in [0.717, 1.165) is 38.5 Å². The Balaban J connectivity index is 1.26. The quantitative estimate of drug-likeness (QED) is 0.403. The first-order valence-corrected chi connectivity index (χ1v) is 17.3. The fourth-order valence-corrected chi connectivity index (χ4v) is 7.31. The Morgan fingerprint density at radius 2 is 1.68 bits per heavy atom. The van der Waals surface area contributed by atoms with E-state index in [1.54, 1.807) is 6.07 Å². The Bertz CT molecular complexity index is 1300. The standard InChI is InChI=1S/C29H41F3N4O3Si/c1-28(2,3)40(5,6)39-21-11-9-20(10-12-21)36-14-13-35(17-24(36)37)27(38)26-33-23-16-19(18-7-8-18)15-22(29(30,31)32)25(23)34(26)4/h15-16,18,20-21H,7-14,17H2,1-6H3. The smallest absolute Gasteiger partial charge is 0.414 e. The molecule has 5 rings (SSSR count). The molecule has 0 spiro atoms. The van der Waals surface area contributed by atoms with Gasteiger partial charge in [0.1, 0.15) is 6.54 Å². The highest BCUT2D eigenvalue weighted by atomic mass is 28.4. The highest BCUT2D eigenvalue weighted by Gasteiger charge is 2.42. The zero-order valence-electron chi connectivity index (χ0n) is 24.4. The largest absolute Gasteiger partial charge is 0.418 e. The Morgan fingerprint density at radius 1 is 1.02 bits per heavy atom. The predicted molar refractivity (Wildman–Crippen MR) is 150 cm³/mol. The summed E-state index contributed by atoms with van der Waals surface area (Å²) in [7, 11) is -0.412. The van der Waals surface area contributed by atoms with Crippen molar-refractivity contribution in [1.29, 1.82) is 0 Å². The van der Waals surface area contributed by atoms with E-state index >= 15 is 0 Å². The molecule has 11 heteroatoms. The zero-order valence-corrected chi connectivity index (χ0v) is 25.4. The number of imidazole rings is 1. The highest BCUT2D eigenvalue weighted by Crippen LogP contribution is 2.44. The van der Waals surface area contributed by atoms with E-state index in [4.69, 9.17) is 4.43 Å². The van der Waals surface area contributed by atoms with E-state index < -0.39 is 26.0 Å². The third kappa shape index (κ3) is 5.55. The number of benzene rings is 1. The molecule has 2 heterocycles. The summed E-state index contributed by atoms with van der Waals surface area (Å²) in [6.07, 6.45) is 0.934. The van der Waals surface area contributed by atoms with Gasteiger partial charge in [-0.1, -0.05) is 20.8 Å². The summed E-state index contributed by atoms with van der Waals surface area (Å²) in [5, 5.41) is 0.148. The lowest BCUT2D eigenvalue weighted by Crippen LogP contribution is -2.56. The molecule has 1 saturated heterocycles. The maximum Gasteiger partial charge on any atom is 0.418 e. The normalized spacial score (nSPS) is 23.3. The van der Waals surface area contributed by atoms with E-state index in [2.05, 4.69) is 38.8 Å². The molecule has 3 fully saturated rings. The van der Waals surface area contributed by atoms with Gasteiger partial charge in [-0.15, -0.1) is 0 Å². The first-order valence-electron chi connectivity index (χ1n) is 14.4. The number of fused-ring (bicyclic) bond motifs is 1. The molecule has 3 aliphatic rings. The van der Waals surface area contributed by atoms with Crippen LogP contribution in [0.25, 0.3) is 11.0 Å². The van der Waals surface area contributed by atoms with Crippen molar-refractivity contribution in [1.82, 2.24) is 19.4 Å². The van der Waals surface area contributed by atoms with Crippen LogP contribution >= 0.6 is 0 Å². The Kier molecular flexibility index (Phi) is 7.38. The topological polar surface area (TPSA) is 67.7 Å². The maximum atomic E-state index is 14.0. The summed E-state index contributed by atoms with van der Waals surface area (Å²) >= 11 is 0. The van der Waals surface area contributed by atoms with Crippen LogP contribution in [0.3, 0.4) is 0 Å². The summed E-state index contributed by atoms with van der Waals surface area (Å²) in [5.74, 6) is -0.595. The van der Waals surface area contributed by atoms with E-state index in [0.29, 0.717) is 18.7 Å². The van der Waals surface area contributed by atoms with Gasteiger partial charge in [-0.3, -0.25) is 9.59 Å². The number of nitrogens with zero attached hydrogens (tertiary/aromatic N) is 4. The SMILES string of the molecule is Cn1c(C(=O)N2CCN(C3CCC(O[Si](C)(C)C(C)(C)C)CC3)C(=O)C2)nc2cc(C3CC3)cc(C(F)(F)F)c21. The minimum Gasteiger partial charge on any atom is -0.414 e. The molecule has 1 aromatic heterocycles. The van der Waals surface area contributed by atoms with E-state index in [-0.39, 0.29) is 52.4 Å². The first kappa shape index (κ1) is 29.1. The van der Waals surface area contributed by atoms with Crippen LogP contribution in [0.2, 0.25) is 18.1 Å². The molecule has 40 heavy (non-hydrogen) atoms. The lowest BCUT2D eigenvalue weighted by Gasteiger charge is -2.44. The molecule has 0 unspecified atom stereocenters. The second kappa shape index (κ2) is 10.1. The summed E-state index contributed by atoms with van der Waals surface area (Å²) in [5.41, 5.74) is -0.0776. The van der Waals surface area contributed by atoms with Gasteiger partial charge < -0.3 is 18.8 Å². The summed E-state index contributed by atoms with van der Waals surface area (Å²) in [6, 6.07) is 2.99. The second-order valence-corrected chi connectivity index (χ2v) is 18.1. The summed E-state index contributed by atoms with van der Waals surface area (Å²) in [4.78, 5) is 34.3. The molecular formula is C29H41F3N4O3Si. The number of hydrogen-bond acceptors (Lipinski definition) is 4. The molecule has 2 amide bonds. The fourth-order valence-electron chi connectivity index (χ4n) is 5.89. The van der Waals surface area contributed by atoms with Gasteiger partial charge in [0.05, 0.1) is 16.6 Å². The highest BCUT2D eigenvalue weighted by molar-refractivity contribution is 6.74. The van der Waals surface area contributed by atoms with Crippen molar-refractivity contribution in [3.8, 4) is 0 Å². The number of halogens is 3. The molecule has 2 aliphatic carbocycles. The zero-order chi connectivity index (χ0) is 29.2. The van der Waals surface area contributed by atoms with Crippen molar-refractivity contribution in [2.45, 2.75) is 102 Å². The van der Waals surface area contributed by atoms with Crippen molar-refractivity contribution in [3.05, 3.63) is 29.1 Å². The molecule has 2 saturated carbocycles. The number of hydrogen-bond donors (Lipinski definition) is 0. The molecule has 220 valence electrons. The Labute approximate surface area is 235 Å². The average Bonchev–Trinajstić information content (AvgIpc) is 3.66. The molecule has 0 N–H and O–H groups in total. The van der Waals surface area contributed by atoms with Crippen LogP contribution in [0.5, 0.6) is 0 Å². The molecular weight excluding hydrogens is 537 g/mol. The first-order chi connectivity index (χ1) is 18.6. The van der Waals surface area contributed by atoms with Crippen molar-refractivity contribution in [2.24, 2.45) is 7.05 Å². The second-order valence-electron chi connectivity index (χ2n) is 13.3. The van der Waals surface area contributed by atoms with Crippen molar-refractivity contribution in [2.75, 3.05) is 19.6 Å². The van der Waals surface area contributed by atoms with Crippen molar-refractivity contribution >= 4 is 31.2 Å². The summed E-state index contributed by atoms with van der Waals surface area (Å²) in [6.45, 7) is 11.9. The average molecular weight is 579 g/mol. The van der Waals surface area contributed by atoms with Crippen LogP contribution in [0, 0.1) is 0 Å². The van der Waals surface area contributed by atoms with Gasteiger partial charge in [0, 0.05) is 32.3 Å². The number of carbonyl (C=O) groups is 2. The lowest BCUT2D eigenvalue weighted by molar-refractivity contribution is -0.139. The third-order valence-electron chi connectivity index (χ3n) is 9.43. The Hall–Kier alpha value is -2.40. The van der Waals surface area contributed by atoms with Gasteiger partial charge in [0.2, 0.25) is 5.91 Å². The monoisotopic (exact) mass is 578 g/mol. The van der Waals surface area contributed by atoms with E-state index in [1.807, 2.05) is 4.90 Å². The lowest BCUT2D eigenvalue weighted by atomic mass is 9.91.